The molecule has 0 saturated carbocycles. The van der Waals surface area contributed by atoms with E-state index in [0.29, 0.717) is 18.8 Å². The zero-order valence-corrected chi connectivity index (χ0v) is 9.49. The van der Waals surface area contributed by atoms with Gasteiger partial charge in [0.05, 0.1) is 0 Å². The number of nitrogens with one attached hydrogen (secondary N) is 3. The largest absolute Gasteiger partial charge is 0.341 e. The number of anilines is 2. The first-order valence-corrected chi connectivity index (χ1v) is 5.35. The topological polar surface area (TPSA) is 73.5 Å². The highest BCUT2D eigenvalue weighted by atomic mass is 16.2. The summed E-state index contributed by atoms with van der Waals surface area (Å²) in [5, 5.41) is 7.85. The first-order valence-electron chi connectivity index (χ1n) is 5.35. The molecule has 0 bridgehead atoms. The molecule has 1 saturated heterocycles. The minimum Gasteiger partial charge on any atom is -0.341 e. The van der Waals surface area contributed by atoms with Crippen LogP contribution in [0.5, 0.6) is 0 Å². The van der Waals surface area contributed by atoms with Crippen LogP contribution in [-0.2, 0) is 0 Å². The van der Waals surface area contributed by atoms with Gasteiger partial charge in [-0.3, -0.25) is 4.90 Å². The molecule has 1 aliphatic heterocycles. The summed E-state index contributed by atoms with van der Waals surface area (Å²) in [7, 11) is 1.55. The normalized spacial score (nSPS) is 14.4. The van der Waals surface area contributed by atoms with Crippen molar-refractivity contribution >= 4 is 23.4 Å². The van der Waals surface area contributed by atoms with Crippen LogP contribution in [0.2, 0.25) is 0 Å². The molecule has 6 nitrogen and oxygen atoms in total. The van der Waals surface area contributed by atoms with Crippen molar-refractivity contribution in [2.45, 2.75) is 0 Å². The van der Waals surface area contributed by atoms with Crippen LogP contribution in [0.15, 0.2) is 24.3 Å². The Bertz CT molecular complexity index is 430. The fourth-order valence-corrected chi connectivity index (χ4v) is 1.64. The standard InChI is InChI=1S/C11H14N4O2/c1-12-10(16)14-8-2-4-9(5-3-8)15-7-6-13-11(15)17/h2-5H,6-7H2,1H3,(H,13,17)(H2,12,14,16). The van der Waals surface area contributed by atoms with Gasteiger partial charge in [0, 0.05) is 31.5 Å². The van der Waals surface area contributed by atoms with E-state index in [9.17, 15) is 9.59 Å². The lowest BCUT2D eigenvalue weighted by atomic mass is 10.2. The van der Waals surface area contributed by atoms with E-state index in [1.165, 1.54) is 0 Å². The molecule has 1 aromatic carbocycles. The second-order valence-electron chi connectivity index (χ2n) is 3.63. The van der Waals surface area contributed by atoms with Gasteiger partial charge in [-0.2, -0.15) is 0 Å². The first-order chi connectivity index (χ1) is 8.20. The van der Waals surface area contributed by atoms with E-state index in [1.54, 1.807) is 36.2 Å². The summed E-state index contributed by atoms with van der Waals surface area (Å²) in [5.41, 5.74) is 1.51. The molecule has 90 valence electrons. The lowest BCUT2D eigenvalue weighted by Gasteiger charge is -2.14. The number of carbonyl (C=O) groups excluding carboxylic acids is 2. The van der Waals surface area contributed by atoms with E-state index in [2.05, 4.69) is 16.0 Å². The molecule has 0 spiro atoms. The number of rotatable bonds is 2. The van der Waals surface area contributed by atoms with E-state index in [4.69, 9.17) is 0 Å². The van der Waals surface area contributed by atoms with Crippen LogP contribution in [0.1, 0.15) is 0 Å². The lowest BCUT2D eigenvalue weighted by molar-refractivity contribution is 0.251. The Morgan fingerprint density at radius 2 is 2.06 bits per heavy atom. The maximum absolute atomic E-state index is 11.4. The van der Waals surface area contributed by atoms with Crippen molar-refractivity contribution in [2.75, 3.05) is 30.4 Å². The van der Waals surface area contributed by atoms with Crippen molar-refractivity contribution in [3.63, 3.8) is 0 Å². The van der Waals surface area contributed by atoms with E-state index in [0.717, 1.165) is 5.69 Å². The van der Waals surface area contributed by atoms with Crippen LogP contribution >= 0.6 is 0 Å². The molecule has 3 N–H and O–H groups in total. The third kappa shape index (κ3) is 2.47. The fourth-order valence-electron chi connectivity index (χ4n) is 1.64. The van der Waals surface area contributed by atoms with Gasteiger partial charge in [-0.05, 0) is 24.3 Å². The van der Waals surface area contributed by atoms with E-state index >= 15 is 0 Å². The summed E-state index contributed by atoms with van der Waals surface area (Å²) in [5.74, 6) is 0. The molecule has 2 rings (SSSR count). The molecule has 1 fully saturated rings. The number of urea groups is 2. The Morgan fingerprint density at radius 1 is 1.35 bits per heavy atom. The van der Waals surface area contributed by atoms with Gasteiger partial charge in [-0.25, -0.2) is 9.59 Å². The summed E-state index contributed by atoms with van der Waals surface area (Å²) in [6.07, 6.45) is 0. The SMILES string of the molecule is CNC(=O)Nc1ccc(N2CCNC2=O)cc1. The Kier molecular flexibility index (Phi) is 3.13. The average molecular weight is 234 g/mol. The highest BCUT2D eigenvalue weighted by Crippen LogP contribution is 2.19. The van der Waals surface area contributed by atoms with E-state index < -0.39 is 0 Å². The van der Waals surface area contributed by atoms with Crippen molar-refractivity contribution in [2.24, 2.45) is 0 Å². The van der Waals surface area contributed by atoms with Gasteiger partial charge in [0.15, 0.2) is 0 Å². The van der Waals surface area contributed by atoms with Crippen LogP contribution in [0, 0.1) is 0 Å². The van der Waals surface area contributed by atoms with Gasteiger partial charge in [0.25, 0.3) is 0 Å². The molecule has 0 atom stereocenters. The van der Waals surface area contributed by atoms with Gasteiger partial charge >= 0.3 is 12.1 Å². The quantitative estimate of drug-likeness (QED) is 0.713. The van der Waals surface area contributed by atoms with Gasteiger partial charge in [-0.1, -0.05) is 0 Å². The minimum absolute atomic E-state index is 0.0861. The molecular weight excluding hydrogens is 220 g/mol. The number of amides is 4. The maximum Gasteiger partial charge on any atom is 0.321 e. The second-order valence-corrected chi connectivity index (χ2v) is 3.63. The molecule has 1 aromatic rings. The van der Waals surface area contributed by atoms with Crippen LogP contribution < -0.4 is 20.9 Å². The lowest BCUT2D eigenvalue weighted by Crippen LogP contribution is -2.27. The molecule has 0 unspecified atom stereocenters. The molecule has 1 heterocycles. The van der Waals surface area contributed by atoms with Gasteiger partial charge in [0.1, 0.15) is 0 Å². The smallest absolute Gasteiger partial charge is 0.321 e. The van der Waals surface area contributed by atoms with E-state index in [1.807, 2.05) is 0 Å². The fraction of sp³-hybridized carbons (Fsp3) is 0.273. The van der Waals surface area contributed by atoms with Gasteiger partial charge in [0.2, 0.25) is 0 Å². The molecule has 1 aliphatic rings. The second kappa shape index (κ2) is 4.73. The molecule has 6 heteroatoms. The van der Waals surface area contributed by atoms with Gasteiger partial charge < -0.3 is 16.0 Å². The molecular formula is C11H14N4O2. The number of hydrogen-bond acceptors (Lipinski definition) is 2. The third-order valence-electron chi connectivity index (χ3n) is 2.52. The predicted octanol–water partition coefficient (Wildman–Crippen LogP) is 0.967. The van der Waals surface area contributed by atoms with Crippen LogP contribution in [0.3, 0.4) is 0 Å². The van der Waals surface area contributed by atoms with Crippen LogP contribution in [0.4, 0.5) is 21.0 Å². The average Bonchev–Trinajstić information content (AvgIpc) is 2.76. The Morgan fingerprint density at radius 3 is 2.59 bits per heavy atom. The summed E-state index contributed by atoms with van der Waals surface area (Å²) < 4.78 is 0. The first kappa shape index (κ1) is 11.3. The summed E-state index contributed by atoms with van der Waals surface area (Å²) in [4.78, 5) is 24.2. The number of carbonyl (C=O) groups is 2. The zero-order valence-electron chi connectivity index (χ0n) is 9.49. The van der Waals surface area contributed by atoms with Gasteiger partial charge in [-0.15, -0.1) is 0 Å². The summed E-state index contributed by atoms with van der Waals surface area (Å²) in [6, 6.07) is 6.77. The minimum atomic E-state index is -0.267. The Balaban J connectivity index is 2.07. The summed E-state index contributed by atoms with van der Waals surface area (Å²) in [6.45, 7) is 1.33. The van der Waals surface area contributed by atoms with E-state index in [-0.39, 0.29) is 12.1 Å². The molecule has 17 heavy (non-hydrogen) atoms. The number of nitrogens with zero attached hydrogens (tertiary/aromatic N) is 1. The summed E-state index contributed by atoms with van der Waals surface area (Å²) >= 11 is 0. The monoisotopic (exact) mass is 234 g/mol. The number of hydrogen-bond donors (Lipinski definition) is 3. The molecule has 0 radical (unpaired) electrons. The highest BCUT2D eigenvalue weighted by molar-refractivity contribution is 5.94. The number of benzene rings is 1. The Labute approximate surface area is 99.0 Å². The van der Waals surface area contributed by atoms with Crippen molar-refractivity contribution in [3.8, 4) is 0 Å². The predicted molar refractivity (Wildman–Crippen MR) is 65.3 cm³/mol. The molecule has 4 amide bonds. The van der Waals surface area contributed by atoms with Crippen LogP contribution in [0.25, 0.3) is 0 Å². The maximum atomic E-state index is 11.4. The van der Waals surface area contributed by atoms with Crippen molar-refractivity contribution in [3.05, 3.63) is 24.3 Å². The molecule has 0 aliphatic carbocycles. The van der Waals surface area contributed by atoms with Crippen LogP contribution in [-0.4, -0.2) is 32.2 Å². The highest BCUT2D eigenvalue weighted by Gasteiger charge is 2.20. The third-order valence-corrected chi connectivity index (χ3v) is 2.52. The van der Waals surface area contributed by atoms with Crippen molar-refractivity contribution in [1.82, 2.24) is 10.6 Å². The van der Waals surface area contributed by atoms with Crippen molar-refractivity contribution < 1.29 is 9.59 Å². The Hall–Kier alpha value is -2.24. The zero-order chi connectivity index (χ0) is 12.3. The molecule has 0 aromatic heterocycles. The van der Waals surface area contributed by atoms with Crippen molar-refractivity contribution in [1.29, 1.82) is 0 Å².